The Labute approximate surface area is 115 Å². The Bertz CT molecular complexity index is 406. The van der Waals surface area contributed by atoms with E-state index in [1.165, 1.54) is 0 Å². The van der Waals surface area contributed by atoms with E-state index in [4.69, 9.17) is 10.5 Å². The molecule has 1 atom stereocenters. The third kappa shape index (κ3) is 3.78. The molecule has 1 aromatic rings. The number of likely N-dealkylation sites (N-methyl/N-ethyl adjacent to an activating group) is 1. The van der Waals surface area contributed by atoms with Crippen LogP contribution in [0.4, 0.5) is 0 Å². The predicted octanol–water partition coefficient (Wildman–Crippen LogP) is 1.74. The van der Waals surface area contributed by atoms with Gasteiger partial charge in [-0.15, -0.1) is 0 Å². The minimum absolute atomic E-state index is 0.307. The van der Waals surface area contributed by atoms with Gasteiger partial charge in [0, 0.05) is 12.6 Å². The third-order valence-corrected chi connectivity index (χ3v) is 3.31. The number of hydrogen-bond donors (Lipinski definition) is 1. The average Bonchev–Trinajstić information content (AvgIpc) is 2.39. The van der Waals surface area contributed by atoms with Gasteiger partial charge in [-0.3, -0.25) is 0 Å². The first-order chi connectivity index (χ1) is 8.91. The number of ether oxygens (including phenoxy) is 1. The lowest BCUT2D eigenvalue weighted by Crippen LogP contribution is -2.54. The molecule has 1 aromatic carbocycles. The van der Waals surface area contributed by atoms with Crippen LogP contribution in [-0.4, -0.2) is 37.1 Å². The number of benzene rings is 1. The Hall–Kier alpha value is -1.39. The first-order valence-electron chi connectivity index (χ1n) is 6.63. The summed E-state index contributed by atoms with van der Waals surface area (Å²) < 4.78 is 5.15. The van der Waals surface area contributed by atoms with E-state index in [1.54, 1.807) is 6.92 Å². The normalized spacial score (nSPS) is 14.5. The van der Waals surface area contributed by atoms with Crippen molar-refractivity contribution in [1.29, 1.82) is 0 Å². The maximum absolute atomic E-state index is 12.2. The number of nitrogens with two attached hydrogens (primary N) is 1. The highest BCUT2D eigenvalue weighted by Crippen LogP contribution is 2.22. The molecule has 0 radical (unpaired) electrons. The number of rotatable bonds is 6. The molecule has 0 aromatic heterocycles. The molecule has 0 saturated heterocycles. The van der Waals surface area contributed by atoms with Crippen LogP contribution >= 0.6 is 0 Å². The van der Waals surface area contributed by atoms with Gasteiger partial charge in [0.2, 0.25) is 0 Å². The number of esters is 1. The summed E-state index contributed by atoms with van der Waals surface area (Å²) >= 11 is 0. The van der Waals surface area contributed by atoms with Crippen molar-refractivity contribution in [2.75, 3.05) is 20.2 Å². The van der Waals surface area contributed by atoms with Gasteiger partial charge in [0.15, 0.2) is 5.54 Å². The molecule has 0 aliphatic carbocycles. The van der Waals surface area contributed by atoms with Crippen molar-refractivity contribution in [2.24, 2.45) is 5.73 Å². The Morgan fingerprint density at radius 2 is 1.95 bits per heavy atom. The summed E-state index contributed by atoms with van der Waals surface area (Å²) in [5.74, 6) is -0.381. The average molecular weight is 264 g/mol. The Balaban J connectivity index is 3.07. The van der Waals surface area contributed by atoms with Gasteiger partial charge in [0.05, 0.1) is 6.61 Å². The van der Waals surface area contributed by atoms with Gasteiger partial charge in [0.25, 0.3) is 0 Å². The fourth-order valence-corrected chi connectivity index (χ4v) is 1.85. The molecule has 0 saturated carbocycles. The smallest absolute Gasteiger partial charge is 0.332 e. The van der Waals surface area contributed by atoms with Gasteiger partial charge in [0.1, 0.15) is 0 Å². The quantitative estimate of drug-likeness (QED) is 0.795. The van der Waals surface area contributed by atoms with Crippen molar-refractivity contribution in [3.05, 3.63) is 35.9 Å². The van der Waals surface area contributed by atoms with Crippen molar-refractivity contribution >= 4 is 5.97 Å². The maximum Gasteiger partial charge on any atom is 0.332 e. The zero-order valence-electron chi connectivity index (χ0n) is 12.2. The van der Waals surface area contributed by atoms with E-state index in [1.807, 2.05) is 42.3 Å². The molecular formula is C15H24N2O2. The fourth-order valence-electron chi connectivity index (χ4n) is 1.85. The van der Waals surface area contributed by atoms with Crippen molar-refractivity contribution < 1.29 is 9.53 Å². The maximum atomic E-state index is 12.2. The van der Waals surface area contributed by atoms with E-state index in [0.29, 0.717) is 19.2 Å². The van der Waals surface area contributed by atoms with Gasteiger partial charge in [-0.1, -0.05) is 30.3 Å². The van der Waals surface area contributed by atoms with Crippen molar-refractivity contribution in [3.8, 4) is 0 Å². The first kappa shape index (κ1) is 15.7. The Morgan fingerprint density at radius 1 is 1.37 bits per heavy atom. The molecule has 1 unspecified atom stereocenters. The highest BCUT2D eigenvalue weighted by atomic mass is 16.5. The van der Waals surface area contributed by atoms with Gasteiger partial charge in [-0.05, 0) is 33.4 Å². The van der Waals surface area contributed by atoms with Crippen LogP contribution in [0.1, 0.15) is 26.3 Å². The molecular weight excluding hydrogens is 240 g/mol. The molecule has 0 aliphatic heterocycles. The minimum Gasteiger partial charge on any atom is -0.464 e. The van der Waals surface area contributed by atoms with Crippen LogP contribution in [0.3, 0.4) is 0 Å². The highest BCUT2D eigenvalue weighted by molar-refractivity contribution is 5.82. The van der Waals surface area contributed by atoms with E-state index in [0.717, 1.165) is 5.56 Å². The second-order valence-corrected chi connectivity index (χ2v) is 5.07. The van der Waals surface area contributed by atoms with Crippen LogP contribution in [0, 0.1) is 0 Å². The largest absolute Gasteiger partial charge is 0.464 e. The van der Waals surface area contributed by atoms with Crippen LogP contribution in [-0.2, 0) is 15.1 Å². The highest BCUT2D eigenvalue weighted by Gasteiger charge is 2.39. The second kappa shape index (κ2) is 6.68. The van der Waals surface area contributed by atoms with Gasteiger partial charge in [-0.25, -0.2) is 4.79 Å². The predicted molar refractivity (Wildman–Crippen MR) is 76.7 cm³/mol. The summed E-state index contributed by atoms with van der Waals surface area (Å²) in [5.41, 5.74) is 6.02. The van der Waals surface area contributed by atoms with E-state index in [9.17, 15) is 4.79 Å². The molecule has 4 nitrogen and oxygen atoms in total. The summed E-state index contributed by atoms with van der Waals surface area (Å²) in [6.07, 6.45) is 0. The van der Waals surface area contributed by atoms with E-state index < -0.39 is 5.54 Å². The van der Waals surface area contributed by atoms with E-state index in [-0.39, 0.29) is 5.97 Å². The Kier molecular flexibility index (Phi) is 5.51. The van der Waals surface area contributed by atoms with Crippen LogP contribution in [0.5, 0.6) is 0 Å². The van der Waals surface area contributed by atoms with Crippen LogP contribution < -0.4 is 5.73 Å². The molecule has 4 heteroatoms. The molecule has 0 fully saturated rings. The monoisotopic (exact) mass is 264 g/mol. The van der Waals surface area contributed by atoms with Crippen molar-refractivity contribution in [2.45, 2.75) is 32.4 Å². The standard InChI is InChI=1S/C15H24N2O2/c1-5-19-14(18)15(16,11-17(4)12(2)3)13-9-7-6-8-10-13/h6-10,12H,5,11,16H2,1-4H3. The molecule has 0 aliphatic rings. The van der Waals surface area contributed by atoms with Gasteiger partial charge in [-0.2, -0.15) is 0 Å². The minimum atomic E-state index is -1.13. The van der Waals surface area contributed by atoms with Crippen molar-refractivity contribution in [1.82, 2.24) is 4.90 Å². The zero-order valence-corrected chi connectivity index (χ0v) is 12.2. The molecule has 0 spiro atoms. The molecule has 0 heterocycles. The summed E-state index contributed by atoms with van der Waals surface area (Å²) in [6, 6.07) is 9.70. The van der Waals surface area contributed by atoms with Gasteiger partial charge < -0.3 is 15.4 Å². The molecule has 0 bridgehead atoms. The van der Waals surface area contributed by atoms with Crippen LogP contribution in [0.15, 0.2) is 30.3 Å². The SMILES string of the molecule is CCOC(=O)C(N)(CN(C)C(C)C)c1ccccc1. The number of carbonyl (C=O) groups excluding carboxylic acids is 1. The molecule has 2 N–H and O–H groups in total. The lowest BCUT2D eigenvalue weighted by atomic mass is 9.90. The van der Waals surface area contributed by atoms with Gasteiger partial charge >= 0.3 is 5.97 Å². The lowest BCUT2D eigenvalue weighted by Gasteiger charge is -2.33. The summed E-state index contributed by atoms with van der Waals surface area (Å²) in [7, 11) is 1.95. The number of hydrogen-bond acceptors (Lipinski definition) is 4. The molecule has 19 heavy (non-hydrogen) atoms. The van der Waals surface area contributed by atoms with Crippen LogP contribution in [0.25, 0.3) is 0 Å². The summed E-state index contributed by atoms with van der Waals surface area (Å²) in [5, 5.41) is 0. The number of carbonyl (C=O) groups is 1. The van der Waals surface area contributed by atoms with Crippen LogP contribution in [0.2, 0.25) is 0 Å². The third-order valence-electron chi connectivity index (χ3n) is 3.31. The lowest BCUT2D eigenvalue weighted by molar-refractivity contribution is -0.151. The Morgan fingerprint density at radius 3 is 2.42 bits per heavy atom. The molecule has 0 amide bonds. The first-order valence-corrected chi connectivity index (χ1v) is 6.63. The second-order valence-electron chi connectivity index (χ2n) is 5.07. The van der Waals surface area contributed by atoms with E-state index in [2.05, 4.69) is 13.8 Å². The topological polar surface area (TPSA) is 55.6 Å². The fraction of sp³-hybridized carbons (Fsp3) is 0.533. The number of nitrogens with zero attached hydrogens (tertiary/aromatic N) is 1. The van der Waals surface area contributed by atoms with Crippen molar-refractivity contribution in [3.63, 3.8) is 0 Å². The van der Waals surface area contributed by atoms with E-state index >= 15 is 0 Å². The zero-order chi connectivity index (χ0) is 14.5. The summed E-state index contributed by atoms with van der Waals surface area (Å²) in [4.78, 5) is 14.3. The summed E-state index contributed by atoms with van der Waals surface area (Å²) in [6.45, 7) is 6.67. The molecule has 106 valence electrons. The molecule has 1 rings (SSSR count).